The fourth-order valence-corrected chi connectivity index (χ4v) is 3.26. The van der Waals surface area contributed by atoms with Crippen LogP contribution in [0.2, 0.25) is 5.02 Å². The zero-order valence-electron chi connectivity index (χ0n) is 13.6. The van der Waals surface area contributed by atoms with Crippen LogP contribution >= 0.6 is 11.6 Å². The van der Waals surface area contributed by atoms with Crippen LogP contribution < -0.4 is 0 Å². The first-order valence-corrected chi connectivity index (χ1v) is 8.60. The summed E-state index contributed by atoms with van der Waals surface area (Å²) in [5, 5.41) is 10.5. The van der Waals surface area contributed by atoms with E-state index < -0.39 is 6.10 Å². The van der Waals surface area contributed by atoms with E-state index >= 15 is 0 Å². The van der Waals surface area contributed by atoms with E-state index in [1.165, 1.54) is 6.26 Å². The summed E-state index contributed by atoms with van der Waals surface area (Å²) in [6.45, 7) is 2.43. The van der Waals surface area contributed by atoms with Crippen LogP contribution in [-0.2, 0) is 11.2 Å². The number of halogens is 1. The topological polar surface area (TPSA) is 66.6 Å². The Kier molecular flexibility index (Phi) is 5.21. The third-order valence-corrected chi connectivity index (χ3v) is 4.65. The van der Waals surface area contributed by atoms with Crippen LogP contribution in [0.4, 0.5) is 0 Å². The van der Waals surface area contributed by atoms with Crippen molar-refractivity contribution in [3.63, 3.8) is 0 Å². The molecule has 2 unspecified atom stereocenters. The van der Waals surface area contributed by atoms with Gasteiger partial charge < -0.3 is 14.4 Å². The standard InChI is InChI=1S/C18H21ClN2O3/c1-12(22)16-4-2-3-9-21(16)17(23)10-15-11-24-18(20-15)13-5-7-14(19)8-6-13/h5-8,11-12,16,22H,2-4,9-10H2,1H3. The highest BCUT2D eigenvalue weighted by molar-refractivity contribution is 6.30. The second kappa shape index (κ2) is 7.36. The summed E-state index contributed by atoms with van der Waals surface area (Å²) < 4.78 is 5.48. The van der Waals surface area contributed by atoms with Crippen LogP contribution in [0.15, 0.2) is 34.9 Å². The number of hydrogen-bond acceptors (Lipinski definition) is 4. The monoisotopic (exact) mass is 348 g/mol. The van der Waals surface area contributed by atoms with Gasteiger partial charge in [-0.3, -0.25) is 4.79 Å². The van der Waals surface area contributed by atoms with Gasteiger partial charge in [-0.25, -0.2) is 4.98 Å². The molecule has 6 heteroatoms. The third kappa shape index (κ3) is 3.79. The molecular formula is C18H21ClN2O3. The van der Waals surface area contributed by atoms with Gasteiger partial charge in [-0.1, -0.05) is 11.6 Å². The molecule has 0 aliphatic carbocycles. The van der Waals surface area contributed by atoms with E-state index in [1.807, 2.05) is 12.1 Å². The minimum Gasteiger partial charge on any atom is -0.444 e. The van der Waals surface area contributed by atoms with E-state index in [0.717, 1.165) is 24.8 Å². The predicted octanol–water partition coefficient (Wildman–Crippen LogP) is 3.30. The molecule has 0 spiro atoms. The van der Waals surface area contributed by atoms with Gasteiger partial charge in [-0.2, -0.15) is 0 Å². The van der Waals surface area contributed by atoms with Gasteiger partial charge in [0.1, 0.15) is 6.26 Å². The zero-order chi connectivity index (χ0) is 17.1. The summed E-state index contributed by atoms with van der Waals surface area (Å²) >= 11 is 5.88. The number of aliphatic hydroxyl groups excluding tert-OH is 1. The number of rotatable bonds is 4. The van der Waals surface area contributed by atoms with Crippen LogP contribution in [0.5, 0.6) is 0 Å². The van der Waals surface area contributed by atoms with Crippen LogP contribution in [0.25, 0.3) is 11.5 Å². The van der Waals surface area contributed by atoms with Gasteiger partial charge in [0, 0.05) is 17.1 Å². The minimum atomic E-state index is -0.517. The highest BCUT2D eigenvalue weighted by atomic mass is 35.5. The van der Waals surface area contributed by atoms with Crippen LogP contribution in [0, 0.1) is 0 Å². The molecule has 0 bridgehead atoms. The molecule has 3 rings (SSSR count). The van der Waals surface area contributed by atoms with Crippen LogP contribution in [0.1, 0.15) is 31.9 Å². The van der Waals surface area contributed by atoms with Crippen molar-refractivity contribution in [2.24, 2.45) is 0 Å². The van der Waals surface area contributed by atoms with Crippen molar-refractivity contribution in [1.82, 2.24) is 9.88 Å². The Bertz CT molecular complexity index is 697. The molecule has 1 aliphatic heterocycles. The summed E-state index contributed by atoms with van der Waals surface area (Å²) in [4.78, 5) is 18.8. The average molecular weight is 349 g/mol. The molecule has 24 heavy (non-hydrogen) atoms. The largest absolute Gasteiger partial charge is 0.444 e. The summed E-state index contributed by atoms with van der Waals surface area (Å²) in [6.07, 6.45) is 4.05. The van der Waals surface area contributed by atoms with Gasteiger partial charge in [0.05, 0.1) is 24.3 Å². The molecule has 0 radical (unpaired) electrons. The van der Waals surface area contributed by atoms with Gasteiger partial charge in [-0.15, -0.1) is 0 Å². The SMILES string of the molecule is CC(O)C1CCCCN1C(=O)Cc1coc(-c2ccc(Cl)cc2)n1. The maximum Gasteiger partial charge on any atom is 0.229 e. The first kappa shape index (κ1) is 17.0. The molecule has 1 N–H and O–H groups in total. The lowest BCUT2D eigenvalue weighted by Crippen LogP contribution is -2.49. The normalized spacial score (nSPS) is 19.3. The summed E-state index contributed by atoms with van der Waals surface area (Å²) in [7, 11) is 0. The quantitative estimate of drug-likeness (QED) is 0.920. The van der Waals surface area contributed by atoms with Gasteiger partial charge in [0.25, 0.3) is 0 Å². The maximum absolute atomic E-state index is 12.6. The summed E-state index contributed by atoms with van der Waals surface area (Å²) in [5.41, 5.74) is 1.41. The number of carbonyl (C=O) groups excluding carboxylic acids is 1. The molecular weight excluding hydrogens is 328 g/mol. The van der Waals surface area contributed by atoms with E-state index in [4.69, 9.17) is 16.0 Å². The van der Waals surface area contributed by atoms with Crippen molar-refractivity contribution < 1.29 is 14.3 Å². The Labute approximate surface area is 146 Å². The van der Waals surface area contributed by atoms with E-state index in [0.29, 0.717) is 23.2 Å². The Morgan fingerprint density at radius 2 is 2.17 bits per heavy atom. The maximum atomic E-state index is 12.6. The minimum absolute atomic E-state index is 0.0171. The number of aromatic nitrogens is 1. The van der Waals surface area contributed by atoms with Gasteiger partial charge in [0.2, 0.25) is 11.8 Å². The van der Waals surface area contributed by atoms with Crippen molar-refractivity contribution >= 4 is 17.5 Å². The lowest BCUT2D eigenvalue weighted by Gasteiger charge is -2.37. The molecule has 1 amide bonds. The number of oxazole rings is 1. The first-order chi connectivity index (χ1) is 11.5. The van der Waals surface area contributed by atoms with E-state index in [2.05, 4.69) is 4.98 Å². The average Bonchev–Trinajstić information content (AvgIpc) is 3.04. The number of amides is 1. The number of nitrogens with zero attached hydrogens (tertiary/aromatic N) is 2. The summed E-state index contributed by atoms with van der Waals surface area (Å²) in [5.74, 6) is 0.455. The summed E-state index contributed by atoms with van der Waals surface area (Å²) in [6, 6.07) is 7.09. The van der Waals surface area contributed by atoms with Crippen molar-refractivity contribution in [1.29, 1.82) is 0 Å². The number of likely N-dealkylation sites (tertiary alicyclic amines) is 1. The molecule has 1 fully saturated rings. The molecule has 1 aromatic carbocycles. The highest BCUT2D eigenvalue weighted by Gasteiger charge is 2.30. The molecule has 0 saturated carbocycles. The highest BCUT2D eigenvalue weighted by Crippen LogP contribution is 2.23. The fraction of sp³-hybridized carbons (Fsp3) is 0.444. The van der Waals surface area contributed by atoms with Crippen molar-refractivity contribution in [2.75, 3.05) is 6.54 Å². The van der Waals surface area contributed by atoms with E-state index in [-0.39, 0.29) is 18.4 Å². The molecule has 1 aliphatic rings. The Balaban J connectivity index is 1.69. The molecule has 2 heterocycles. The molecule has 128 valence electrons. The predicted molar refractivity (Wildman–Crippen MR) is 91.7 cm³/mol. The molecule has 2 atom stereocenters. The van der Waals surface area contributed by atoms with Gasteiger partial charge in [0.15, 0.2) is 0 Å². The number of aliphatic hydroxyl groups is 1. The van der Waals surface area contributed by atoms with Crippen LogP contribution in [-0.4, -0.2) is 39.6 Å². The van der Waals surface area contributed by atoms with E-state index in [9.17, 15) is 9.90 Å². The third-order valence-electron chi connectivity index (χ3n) is 4.40. The van der Waals surface area contributed by atoms with Crippen molar-refractivity contribution in [3.8, 4) is 11.5 Å². The van der Waals surface area contributed by atoms with Crippen molar-refractivity contribution in [2.45, 2.75) is 44.8 Å². The molecule has 1 aromatic heterocycles. The molecule has 5 nitrogen and oxygen atoms in total. The van der Waals surface area contributed by atoms with Gasteiger partial charge >= 0.3 is 0 Å². The van der Waals surface area contributed by atoms with E-state index in [1.54, 1.807) is 24.0 Å². The molecule has 2 aromatic rings. The number of carbonyl (C=O) groups is 1. The zero-order valence-corrected chi connectivity index (χ0v) is 14.4. The smallest absolute Gasteiger partial charge is 0.229 e. The van der Waals surface area contributed by atoms with Crippen molar-refractivity contribution in [3.05, 3.63) is 41.2 Å². The second-order valence-corrected chi connectivity index (χ2v) is 6.65. The lowest BCUT2D eigenvalue weighted by molar-refractivity contribution is -0.137. The number of piperidine rings is 1. The number of hydrogen-bond donors (Lipinski definition) is 1. The Morgan fingerprint density at radius 3 is 2.88 bits per heavy atom. The Hall–Kier alpha value is -1.85. The second-order valence-electron chi connectivity index (χ2n) is 6.22. The molecule has 1 saturated heterocycles. The first-order valence-electron chi connectivity index (χ1n) is 8.22. The van der Waals surface area contributed by atoms with Gasteiger partial charge in [-0.05, 0) is 50.5 Å². The Morgan fingerprint density at radius 1 is 1.42 bits per heavy atom. The lowest BCUT2D eigenvalue weighted by atomic mass is 9.97. The fourth-order valence-electron chi connectivity index (χ4n) is 3.14. The van der Waals surface area contributed by atoms with Crippen LogP contribution in [0.3, 0.4) is 0 Å². The number of benzene rings is 1.